The Balaban J connectivity index is 1.51. The van der Waals surface area contributed by atoms with Crippen molar-refractivity contribution in [1.82, 2.24) is 9.88 Å². The lowest BCUT2D eigenvalue weighted by Crippen LogP contribution is -2.31. The Kier molecular flexibility index (Phi) is 3.94. The first-order valence-electron chi connectivity index (χ1n) is 9.09. The number of rotatable bonds is 4. The van der Waals surface area contributed by atoms with Crippen molar-refractivity contribution in [3.63, 3.8) is 0 Å². The fourth-order valence-electron chi connectivity index (χ4n) is 3.69. The van der Waals surface area contributed by atoms with Crippen LogP contribution in [0.5, 0.6) is 0 Å². The molecule has 4 heteroatoms. The van der Waals surface area contributed by atoms with Crippen LogP contribution in [0, 0.1) is 0 Å². The highest BCUT2D eigenvalue weighted by atomic mass is 16.5. The minimum Gasteiger partial charge on any atom is -0.474 e. The molecule has 4 nitrogen and oxygen atoms in total. The lowest BCUT2D eigenvalue weighted by atomic mass is 9.96. The van der Waals surface area contributed by atoms with Crippen molar-refractivity contribution in [3.8, 4) is 0 Å². The van der Waals surface area contributed by atoms with Crippen molar-refractivity contribution in [1.29, 1.82) is 0 Å². The summed E-state index contributed by atoms with van der Waals surface area (Å²) in [4.78, 5) is 11.2. The second kappa shape index (κ2) is 6.72. The van der Waals surface area contributed by atoms with Crippen molar-refractivity contribution in [2.75, 3.05) is 0 Å². The van der Waals surface area contributed by atoms with Crippen LogP contribution < -0.4 is 0 Å². The van der Waals surface area contributed by atoms with E-state index in [0.29, 0.717) is 6.61 Å². The number of ether oxygens (including phenoxy) is 1. The van der Waals surface area contributed by atoms with Gasteiger partial charge in [0.05, 0.1) is 6.04 Å². The first-order valence-corrected chi connectivity index (χ1v) is 9.09. The number of fused-ring (bicyclic) bond motifs is 3. The van der Waals surface area contributed by atoms with E-state index in [4.69, 9.17) is 9.73 Å². The molecule has 0 radical (unpaired) electrons. The molecule has 2 aliphatic heterocycles. The van der Waals surface area contributed by atoms with Crippen LogP contribution in [0.25, 0.3) is 6.08 Å². The zero-order chi connectivity index (χ0) is 18.1. The standard InChI is InChI=1S/C23H19N3O/c1-2-6-18(7-3-1)23-25-15-21-20-9-5-4-8-19(20)14-22(26(21)23)27-16-17-10-12-24-13-11-17/h1-15,21,23H,16H2. The van der Waals surface area contributed by atoms with Crippen molar-refractivity contribution < 1.29 is 4.74 Å². The third kappa shape index (κ3) is 2.89. The molecule has 0 amide bonds. The van der Waals surface area contributed by atoms with Crippen LogP contribution in [-0.2, 0) is 11.3 Å². The fourth-order valence-corrected chi connectivity index (χ4v) is 3.69. The monoisotopic (exact) mass is 353 g/mol. The van der Waals surface area contributed by atoms with E-state index in [2.05, 4.69) is 64.5 Å². The fraction of sp³-hybridized carbons (Fsp3) is 0.130. The van der Waals surface area contributed by atoms with Gasteiger partial charge in [0.1, 0.15) is 12.8 Å². The van der Waals surface area contributed by atoms with E-state index >= 15 is 0 Å². The molecule has 0 saturated carbocycles. The predicted octanol–water partition coefficient (Wildman–Crippen LogP) is 4.74. The largest absolute Gasteiger partial charge is 0.474 e. The van der Waals surface area contributed by atoms with Crippen molar-refractivity contribution in [3.05, 3.63) is 107 Å². The zero-order valence-electron chi connectivity index (χ0n) is 14.8. The van der Waals surface area contributed by atoms with Crippen molar-refractivity contribution in [2.45, 2.75) is 18.8 Å². The number of pyridine rings is 1. The number of benzene rings is 2. The quantitative estimate of drug-likeness (QED) is 0.680. The third-order valence-electron chi connectivity index (χ3n) is 5.01. The summed E-state index contributed by atoms with van der Waals surface area (Å²) in [7, 11) is 0. The summed E-state index contributed by atoms with van der Waals surface area (Å²) in [6, 6.07) is 22.9. The van der Waals surface area contributed by atoms with E-state index in [1.54, 1.807) is 12.4 Å². The van der Waals surface area contributed by atoms with E-state index in [1.165, 1.54) is 11.1 Å². The molecule has 2 aliphatic rings. The van der Waals surface area contributed by atoms with Gasteiger partial charge in [0.25, 0.3) is 0 Å². The molecule has 0 saturated heterocycles. The average molecular weight is 353 g/mol. The molecule has 2 aromatic carbocycles. The lowest BCUT2D eigenvalue weighted by molar-refractivity contribution is 0.0752. The Morgan fingerprint density at radius 2 is 1.67 bits per heavy atom. The van der Waals surface area contributed by atoms with Crippen molar-refractivity contribution >= 4 is 12.3 Å². The Morgan fingerprint density at radius 3 is 2.52 bits per heavy atom. The molecule has 0 spiro atoms. The molecular weight excluding hydrogens is 334 g/mol. The first-order chi connectivity index (χ1) is 13.4. The van der Waals surface area contributed by atoms with Crippen LogP contribution in [0.2, 0.25) is 0 Å². The summed E-state index contributed by atoms with van der Waals surface area (Å²) in [5, 5.41) is 0. The minimum atomic E-state index is -0.0757. The maximum Gasteiger partial charge on any atom is 0.193 e. The van der Waals surface area contributed by atoms with Gasteiger partial charge in [-0.15, -0.1) is 0 Å². The molecule has 0 bridgehead atoms. The Morgan fingerprint density at radius 1 is 0.889 bits per heavy atom. The topological polar surface area (TPSA) is 37.7 Å². The molecule has 5 rings (SSSR count). The highest BCUT2D eigenvalue weighted by Gasteiger charge is 2.38. The van der Waals surface area contributed by atoms with E-state index in [-0.39, 0.29) is 12.2 Å². The van der Waals surface area contributed by atoms with Gasteiger partial charge in [-0.25, -0.2) is 0 Å². The number of aliphatic imine (C=N–C) groups is 1. The number of hydrogen-bond acceptors (Lipinski definition) is 4. The second-order valence-corrected chi connectivity index (χ2v) is 6.69. The first kappa shape index (κ1) is 15.8. The van der Waals surface area contributed by atoms with Gasteiger partial charge >= 0.3 is 0 Å². The Hall–Kier alpha value is -3.40. The number of nitrogens with zero attached hydrogens (tertiary/aromatic N) is 3. The lowest BCUT2D eigenvalue weighted by Gasteiger charge is -2.36. The molecule has 2 atom stereocenters. The second-order valence-electron chi connectivity index (χ2n) is 6.69. The molecule has 0 aliphatic carbocycles. The van der Waals surface area contributed by atoms with Gasteiger partial charge in [-0.3, -0.25) is 9.98 Å². The summed E-state index contributed by atoms with van der Waals surface area (Å²) in [6.45, 7) is 0.501. The summed E-state index contributed by atoms with van der Waals surface area (Å²) in [5.74, 6) is 0.849. The molecule has 1 aromatic heterocycles. The normalized spacial score (nSPS) is 20.0. The van der Waals surface area contributed by atoms with E-state index in [0.717, 1.165) is 17.0 Å². The van der Waals surface area contributed by atoms with Crippen LogP contribution in [-0.4, -0.2) is 16.1 Å². The predicted molar refractivity (Wildman–Crippen MR) is 106 cm³/mol. The van der Waals surface area contributed by atoms with E-state index in [9.17, 15) is 0 Å². The van der Waals surface area contributed by atoms with E-state index < -0.39 is 0 Å². The van der Waals surface area contributed by atoms with Crippen LogP contribution in [0.4, 0.5) is 0 Å². The maximum absolute atomic E-state index is 6.27. The Bertz CT molecular complexity index is 998. The average Bonchev–Trinajstić information content (AvgIpc) is 3.19. The molecule has 3 aromatic rings. The minimum absolute atomic E-state index is 0.0757. The highest BCUT2D eigenvalue weighted by Crippen LogP contribution is 2.44. The van der Waals surface area contributed by atoms with E-state index in [1.807, 2.05) is 24.4 Å². The van der Waals surface area contributed by atoms with Gasteiger partial charge < -0.3 is 9.64 Å². The van der Waals surface area contributed by atoms with Crippen LogP contribution in [0.3, 0.4) is 0 Å². The molecular formula is C23H19N3O. The third-order valence-corrected chi connectivity index (χ3v) is 5.01. The molecule has 0 N–H and O–H groups in total. The van der Waals surface area contributed by atoms with Gasteiger partial charge in [0.2, 0.25) is 0 Å². The Labute approximate surface area is 158 Å². The summed E-state index contributed by atoms with van der Waals surface area (Å²) in [5.41, 5.74) is 4.70. The van der Waals surface area contributed by atoms with Crippen LogP contribution in [0.15, 0.2) is 90.0 Å². The molecule has 2 unspecified atom stereocenters. The van der Waals surface area contributed by atoms with Gasteiger partial charge in [-0.2, -0.15) is 0 Å². The van der Waals surface area contributed by atoms with Crippen molar-refractivity contribution in [2.24, 2.45) is 4.99 Å². The van der Waals surface area contributed by atoms with Gasteiger partial charge in [-0.1, -0.05) is 54.6 Å². The van der Waals surface area contributed by atoms with Gasteiger partial charge in [0, 0.05) is 24.7 Å². The molecule has 3 heterocycles. The highest BCUT2D eigenvalue weighted by molar-refractivity contribution is 5.76. The molecule has 0 fully saturated rings. The SMILES string of the molecule is C1=NC(c2ccccc2)N2C(OCc3ccncc3)=Cc3ccccc3C12. The number of hydrogen-bond donors (Lipinski definition) is 0. The number of aromatic nitrogens is 1. The van der Waals surface area contributed by atoms with Gasteiger partial charge in [0.15, 0.2) is 5.88 Å². The molecule has 132 valence electrons. The summed E-state index contributed by atoms with van der Waals surface area (Å²) >= 11 is 0. The molecule has 27 heavy (non-hydrogen) atoms. The van der Waals surface area contributed by atoms with Gasteiger partial charge in [-0.05, 0) is 34.4 Å². The smallest absolute Gasteiger partial charge is 0.193 e. The summed E-state index contributed by atoms with van der Waals surface area (Å²) in [6.07, 6.45) is 7.67. The zero-order valence-corrected chi connectivity index (χ0v) is 14.8. The van der Waals surface area contributed by atoms with Crippen LogP contribution >= 0.6 is 0 Å². The maximum atomic E-state index is 6.27. The summed E-state index contributed by atoms with van der Waals surface area (Å²) < 4.78 is 6.27. The van der Waals surface area contributed by atoms with Crippen LogP contribution in [0.1, 0.15) is 34.5 Å².